The Balaban J connectivity index is 2.42. The zero-order chi connectivity index (χ0) is 13.1. The van der Waals surface area contributed by atoms with Crippen LogP contribution in [0.2, 0.25) is 0 Å². The average molecular weight is 260 g/mol. The minimum absolute atomic E-state index is 0.0506. The molecule has 0 saturated carbocycles. The summed E-state index contributed by atoms with van der Waals surface area (Å²) < 4.78 is 3.91. The van der Waals surface area contributed by atoms with E-state index in [2.05, 4.69) is 16.5 Å². The summed E-state index contributed by atoms with van der Waals surface area (Å²) in [6.07, 6.45) is 1.78. The molecule has 0 fully saturated rings. The van der Waals surface area contributed by atoms with E-state index in [9.17, 15) is 4.79 Å². The Morgan fingerprint density at radius 1 is 1.33 bits per heavy atom. The van der Waals surface area contributed by atoms with Crippen LogP contribution in [0.3, 0.4) is 0 Å². The third kappa shape index (κ3) is 2.34. The molecular formula is C14H16N2OS. The Hall–Kier alpha value is -1.55. The second-order valence-corrected chi connectivity index (χ2v) is 5.13. The number of aryl methyl sites for hydroxylation is 2. The molecule has 0 aliphatic carbocycles. The lowest BCUT2D eigenvalue weighted by molar-refractivity contribution is 0.104. The van der Waals surface area contributed by atoms with Crippen molar-refractivity contribution < 1.29 is 4.79 Å². The molecule has 0 atom stereocenters. The molecule has 0 bridgehead atoms. The molecule has 94 valence electrons. The molecule has 0 amide bonds. The number of ketones is 1. The van der Waals surface area contributed by atoms with Gasteiger partial charge in [-0.25, -0.2) is 0 Å². The second kappa shape index (κ2) is 5.40. The normalized spacial score (nSPS) is 10.6. The Morgan fingerprint density at radius 2 is 2.11 bits per heavy atom. The summed E-state index contributed by atoms with van der Waals surface area (Å²) in [5.74, 6) is 0.0506. The van der Waals surface area contributed by atoms with Gasteiger partial charge in [0.2, 0.25) is 5.78 Å². The number of carbonyl (C=O) groups excluding carboxylic acids is 1. The number of nitrogens with zero attached hydrogens (tertiary/aromatic N) is 2. The highest BCUT2D eigenvalue weighted by Gasteiger charge is 2.19. The zero-order valence-electron chi connectivity index (χ0n) is 10.9. The Bertz CT molecular complexity index is 575. The summed E-state index contributed by atoms with van der Waals surface area (Å²) in [4.78, 5) is 13.2. The molecular weight excluding hydrogens is 244 g/mol. The number of carbonyl (C=O) groups is 1. The molecule has 2 aromatic rings. The second-order valence-electron chi connectivity index (χ2n) is 4.38. The van der Waals surface area contributed by atoms with Gasteiger partial charge in [0.1, 0.15) is 4.88 Å². The van der Waals surface area contributed by atoms with Gasteiger partial charge in [0.25, 0.3) is 0 Å². The first-order chi connectivity index (χ1) is 8.65. The van der Waals surface area contributed by atoms with Crippen LogP contribution in [0.4, 0.5) is 0 Å². The van der Waals surface area contributed by atoms with Crippen LogP contribution in [-0.4, -0.2) is 15.4 Å². The molecule has 0 aliphatic heterocycles. The lowest BCUT2D eigenvalue weighted by Crippen LogP contribution is -2.05. The van der Waals surface area contributed by atoms with Gasteiger partial charge in [-0.3, -0.25) is 4.79 Å². The number of hydrogen-bond acceptors (Lipinski definition) is 4. The fourth-order valence-corrected chi connectivity index (χ4v) is 2.56. The molecule has 0 radical (unpaired) electrons. The topological polar surface area (TPSA) is 42.9 Å². The van der Waals surface area contributed by atoms with Crippen LogP contribution in [-0.2, 0) is 6.42 Å². The summed E-state index contributed by atoms with van der Waals surface area (Å²) in [7, 11) is 0. The maximum atomic E-state index is 12.5. The SMILES string of the molecule is CCCc1nnsc1C(=O)c1cccc(C)c1C. The summed E-state index contributed by atoms with van der Waals surface area (Å²) in [6.45, 7) is 6.08. The maximum Gasteiger partial charge on any atom is 0.206 e. The molecule has 1 aromatic heterocycles. The van der Waals surface area contributed by atoms with Crippen molar-refractivity contribution in [3.05, 3.63) is 45.5 Å². The smallest absolute Gasteiger partial charge is 0.206 e. The van der Waals surface area contributed by atoms with Gasteiger partial charge in [-0.2, -0.15) is 0 Å². The van der Waals surface area contributed by atoms with Crippen molar-refractivity contribution >= 4 is 17.3 Å². The first kappa shape index (κ1) is 12.9. The summed E-state index contributed by atoms with van der Waals surface area (Å²) >= 11 is 1.20. The molecule has 1 heterocycles. The van der Waals surface area contributed by atoms with E-state index in [1.54, 1.807) is 0 Å². The highest BCUT2D eigenvalue weighted by molar-refractivity contribution is 7.08. The predicted molar refractivity (Wildman–Crippen MR) is 73.3 cm³/mol. The lowest BCUT2D eigenvalue weighted by atomic mass is 9.98. The molecule has 4 heteroatoms. The van der Waals surface area contributed by atoms with Crippen LogP contribution in [0.25, 0.3) is 0 Å². The van der Waals surface area contributed by atoms with E-state index in [-0.39, 0.29) is 5.78 Å². The van der Waals surface area contributed by atoms with Gasteiger partial charge in [0.05, 0.1) is 5.69 Å². The van der Waals surface area contributed by atoms with Crippen molar-refractivity contribution in [2.24, 2.45) is 0 Å². The largest absolute Gasteiger partial charge is 0.288 e. The van der Waals surface area contributed by atoms with Gasteiger partial charge in [0.15, 0.2) is 0 Å². The van der Waals surface area contributed by atoms with Crippen LogP contribution in [0.15, 0.2) is 18.2 Å². The fourth-order valence-electron chi connectivity index (χ4n) is 1.90. The van der Waals surface area contributed by atoms with E-state index in [1.165, 1.54) is 11.5 Å². The average Bonchev–Trinajstić information content (AvgIpc) is 2.80. The first-order valence-electron chi connectivity index (χ1n) is 6.07. The van der Waals surface area contributed by atoms with Crippen LogP contribution < -0.4 is 0 Å². The molecule has 0 spiro atoms. The quantitative estimate of drug-likeness (QED) is 0.792. The van der Waals surface area contributed by atoms with Crippen molar-refractivity contribution in [3.8, 4) is 0 Å². The van der Waals surface area contributed by atoms with Crippen LogP contribution >= 0.6 is 11.5 Å². The summed E-state index contributed by atoms with van der Waals surface area (Å²) in [5, 5.41) is 4.05. The minimum Gasteiger partial charge on any atom is -0.288 e. The van der Waals surface area contributed by atoms with E-state index in [0.29, 0.717) is 4.88 Å². The molecule has 0 N–H and O–H groups in total. The molecule has 18 heavy (non-hydrogen) atoms. The van der Waals surface area contributed by atoms with E-state index in [1.807, 2.05) is 32.0 Å². The van der Waals surface area contributed by atoms with Crippen molar-refractivity contribution in [1.82, 2.24) is 9.59 Å². The number of aromatic nitrogens is 2. The van der Waals surface area contributed by atoms with Crippen molar-refractivity contribution in [2.75, 3.05) is 0 Å². The molecule has 2 rings (SSSR count). The van der Waals surface area contributed by atoms with Gasteiger partial charge in [-0.15, -0.1) is 5.10 Å². The van der Waals surface area contributed by atoms with Crippen molar-refractivity contribution in [3.63, 3.8) is 0 Å². The van der Waals surface area contributed by atoms with Gasteiger partial charge >= 0.3 is 0 Å². The lowest BCUT2D eigenvalue weighted by Gasteiger charge is -2.06. The van der Waals surface area contributed by atoms with Crippen LogP contribution in [0.1, 0.15) is 45.4 Å². The molecule has 0 saturated heterocycles. The molecule has 3 nitrogen and oxygen atoms in total. The number of hydrogen-bond donors (Lipinski definition) is 0. The van der Waals surface area contributed by atoms with Crippen molar-refractivity contribution in [1.29, 1.82) is 0 Å². The first-order valence-corrected chi connectivity index (χ1v) is 6.84. The highest BCUT2D eigenvalue weighted by Crippen LogP contribution is 2.21. The van der Waals surface area contributed by atoms with Gasteiger partial charge in [0, 0.05) is 5.56 Å². The fraction of sp³-hybridized carbons (Fsp3) is 0.357. The Kier molecular flexibility index (Phi) is 3.87. The van der Waals surface area contributed by atoms with E-state index >= 15 is 0 Å². The van der Waals surface area contributed by atoms with Gasteiger partial charge in [-0.1, -0.05) is 36.0 Å². The third-order valence-electron chi connectivity index (χ3n) is 3.10. The van der Waals surface area contributed by atoms with Crippen LogP contribution in [0.5, 0.6) is 0 Å². The monoisotopic (exact) mass is 260 g/mol. The minimum atomic E-state index is 0.0506. The molecule has 1 aromatic carbocycles. The zero-order valence-corrected chi connectivity index (χ0v) is 11.7. The highest BCUT2D eigenvalue weighted by atomic mass is 32.1. The van der Waals surface area contributed by atoms with Gasteiger partial charge < -0.3 is 0 Å². The number of rotatable bonds is 4. The number of benzene rings is 1. The van der Waals surface area contributed by atoms with E-state index in [4.69, 9.17) is 0 Å². The summed E-state index contributed by atoms with van der Waals surface area (Å²) in [6, 6.07) is 5.81. The predicted octanol–water partition coefficient (Wildman–Crippen LogP) is 3.34. The van der Waals surface area contributed by atoms with E-state index in [0.717, 1.165) is 35.2 Å². The van der Waals surface area contributed by atoms with Crippen molar-refractivity contribution in [2.45, 2.75) is 33.6 Å². The van der Waals surface area contributed by atoms with Crippen LogP contribution in [0, 0.1) is 13.8 Å². The Morgan fingerprint density at radius 3 is 2.83 bits per heavy atom. The van der Waals surface area contributed by atoms with E-state index < -0.39 is 0 Å². The maximum absolute atomic E-state index is 12.5. The Labute approximate surface area is 111 Å². The standard InChI is InChI=1S/C14H16N2OS/c1-4-6-12-14(18-16-15-12)13(17)11-8-5-7-9(2)10(11)3/h5,7-8H,4,6H2,1-3H3. The molecule has 0 unspecified atom stereocenters. The molecule has 0 aliphatic rings. The van der Waals surface area contributed by atoms with Gasteiger partial charge in [-0.05, 0) is 42.9 Å². The third-order valence-corrected chi connectivity index (χ3v) is 3.86. The summed E-state index contributed by atoms with van der Waals surface area (Å²) in [5.41, 5.74) is 3.76.